The Balaban J connectivity index is 4.15. The van der Waals surface area contributed by atoms with Crippen molar-refractivity contribution < 1.29 is 25.5 Å². The van der Waals surface area contributed by atoms with Crippen LogP contribution in [0.1, 0.15) is 6.92 Å². The van der Waals surface area contributed by atoms with Crippen LogP contribution in [0.25, 0.3) is 0 Å². The Kier molecular flexibility index (Phi) is 5.85. The average Bonchev–Trinajstić information content (AvgIpc) is 2.14. The van der Waals surface area contributed by atoms with Gasteiger partial charge in [-0.2, -0.15) is 0 Å². The summed E-state index contributed by atoms with van der Waals surface area (Å²) in [7, 11) is 0. The molecule has 13 heavy (non-hydrogen) atoms. The van der Waals surface area contributed by atoms with Gasteiger partial charge in [-0.05, 0) is 6.92 Å². The normalized spacial score (nSPS) is 21.4. The Morgan fingerprint density at radius 3 is 2.00 bits per heavy atom. The SMILES string of the molecule is C/C=C/C(O)[C@H](O)[C@H](O)[C@H](O)CO. The summed E-state index contributed by atoms with van der Waals surface area (Å²) >= 11 is 0. The van der Waals surface area contributed by atoms with Gasteiger partial charge in [0.1, 0.15) is 24.4 Å². The van der Waals surface area contributed by atoms with Crippen LogP contribution in [-0.4, -0.2) is 56.6 Å². The van der Waals surface area contributed by atoms with E-state index in [9.17, 15) is 5.11 Å². The molecule has 5 heteroatoms. The second-order valence-corrected chi connectivity index (χ2v) is 2.75. The molecule has 0 heterocycles. The van der Waals surface area contributed by atoms with E-state index < -0.39 is 31.0 Å². The van der Waals surface area contributed by atoms with Crippen molar-refractivity contribution in [2.45, 2.75) is 31.3 Å². The summed E-state index contributed by atoms with van der Waals surface area (Å²) < 4.78 is 0. The van der Waals surface area contributed by atoms with Crippen LogP contribution in [0.2, 0.25) is 0 Å². The smallest absolute Gasteiger partial charge is 0.112 e. The van der Waals surface area contributed by atoms with Crippen LogP contribution >= 0.6 is 0 Å². The van der Waals surface area contributed by atoms with Gasteiger partial charge in [0.05, 0.1) is 6.61 Å². The van der Waals surface area contributed by atoms with Crippen molar-refractivity contribution in [1.82, 2.24) is 0 Å². The predicted octanol–water partition coefficient (Wildman–Crippen LogP) is -2.00. The lowest BCUT2D eigenvalue weighted by molar-refractivity contribution is -0.104. The average molecular weight is 192 g/mol. The van der Waals surface area contributed by atoms with Gasteiger partial charge in [-0.3, -0.25) is 0 Å². The standard InChI is InChI=1S/C8H16O5/c1-2-3-5(10)7(12)8(13)6(11)4-9/h2-3,5-13H,4H2,1H3/b3-2+/t5?,6-,7+,8-/m1/s1. The fourth-order valence-corrected chi connectivity index (χ4v) is 0.849. The molecule has 0 radical (unpaired) electrons. The molecule has 0 aromatic rings. The molecular formula is C8H16O5. The zero-order valence-corrected chi connectivity index (χ0v) is 7.41. The highest BCUT2D eigenvalue weighted by Crippen LogP contribution is 2.05. The van der Waals surface area contributed by atoms with Gasteiger partial charge in [-0.1, -0.05) is 12.2 Å². The van der Waals surface area contributed by atoms with Crippen LogP contribution in [0.15, 0.2) is 12.2 Å². The second-order valence-electron chi connectivity index (χ2n) is 2.75. The van der Waals surface area contributed by atoms with Crippen LogP contribution in [-0.2, 0) is 0 Å². The monoisotopic (exact) mass is 192 g/mol. The van der Waals surface area contributed by atoms with Crippen molar-refractivity contribution in [2.75, 3.05) is 6.61 Å². The first-order valence-electron chi connectivity index (χ1n) is 4.00. The van der Waals surface area contributed by atoms with E-state index in [0.717, 1.165) is 0 Å². The summed E-state index contributed by atoms with van der Waals surface area (Å²) in [4.78, 5) is 0. The molecule has 0 aliphatic rings. The van der Waals surface area contributed by atoms with Crippen LogP contribution in [0.5, 0.6) is 0 Å². The van der Waals surface area contributed by atoms with E-state index in [1.54, 1.807) is 6.92 Å². The molecule has 0 saturated carbocycles. The summed E-state index contributed by atoms with van der Waals surface area (Å²) in [5.74, 6) is 0. The van der Waals surface area contributed by atoms with Crippen molar-refractivity contribution in [2.24, 2.45) is 0 Å². The number of allylic oxidation sites excluding steroid dienone is 1. The third-order valence-electron chi connectivity index (χ3n) is 1.67. The molecule has 5 N–H and O–H groups in total. The molecule has 0 aliphatic heterocycles. The Morgan fingerprint density at radius 2 is 1.62 bits per heavy atom. The maximum absolute atomic E-state index is 9.20. The molecule has 0 saturated heterocycles. The molecule has 0 bridgehead atoms. The summed E-state index contributed by atoms with van der Waals surface area (Å²) in [6.07, 6.45) is -2.98. The van der Waals surface area contributed by atoms with E-state index in [4.69, 9.17) is 20.4 Å². The molecule has 0 fully saturated rings. The van der Waals surface area contributed by atoms with Crippen LogP contribution in [0, 0.1) is 0 Å². The molecule has 4 atom stereocenters. The first kappa shape index (κ1) is 12.5. The van der Waals surface area contributed by atoms with E-state index in [1.165, 1.54) is 12.2 Å². The fourth-order valence-electron chi connectivity index (χ4n) is 0.849. The number of aliphatic hydroxyl groups is 5. The van der Waals surface area contributed by atoms with Gasteiger partial charge in [0.2, 0.25) is 0 Å². The van der Waals surface area contributed by atoms with Gasteiger partial charge in [0.15, 0.2) is 0 Å². The zero-order valence-electron chi connectivity index (χ0n) is 7.41. The van der Waals surface area contributed by atoms with E-state index in [0.29, 0.717) is 0 Å². The lowest BCUT2D eigenvalue weighted by atomic mass is 10.0. The lowest BCUT2D eigenvalue weighted by Crippen LogP contribution is -2.45. The lowest BCUT2D eigenvalue weighted by Gasteiger charge is -2.23. The van der Waals surface area contributed by atoms with E-state index in [1.807, 2.05) is 0 Å². The highest BCUT2D eigenvalue weighted by Gasteiger charge is 2.28. The fraction of sp³-hybridized carbons (Fsp3) is 0.750. The molecule has 1 unspecified atom stereocenters. The molecule has 0 aromatic heterocycles. The summed E-state index contributed by atoms with van der Waals surface area (Å²) in [6.45, 7) is 0.978. The van der Waals surface area contributed by atoms with Gasteiger partial charge < -0.3 is 25.5 Å². The zero-order chi connectivity index (χ0) is 10.4. The minimum absolute atomic E-state index is 0.666. The third-order valence-corrected chi connectivity index (χ3v) is 1.67. The van der Waals surface area contributed by atoms with Crippen molar-refractivity contribution in [1.29, 1.82) is 0 Å². The van der Waals surface area contributed by atoms with Crippen molar-refractivity contribution in [3.05, 3.63) is 12.2 Å². The maximum Gasteiger partial charge on any atom is 0.112 e. The largest absolute Gasteiger partial charge is 0.394 e. The van der Waals surface area contributed by atoms with Crippen LogP contribution < -0.4 is 0 Å². The molecule has 0 rings (SSSR count). The molecule has 0 aliphatic carbocycles. The summed E-state index contributed by atoms with van der Waals surface area (Å²) in [5, 5.41) is 44.8. The molecule has 0 amide bonds. The Morgan fingerprint density at radius 1 is 1.08 bits per heavy atom. The summed E-state index contributed by atoms with van der Waals surface area (Å²) in [6, 6.07) is 0. The summed E-state index contributed by atoms with van der Waals surface area (Å²) in [5.41, 5.74) is 0. The first-order chi connectivity index (χ1) is 6.04. The predicted molar refractivity (Wildman–Crippen MR) is 45.9 cm³/mol. The Hall–Kier alpha value is -0.460. The third kappa shape index (κ3) is 3.84. The Labute approximate surface area is 76.6 Å². The van der Waals surface area contributed by atoms with E-state index >= 15 is 0 Å². The van der Waals surface area contributed by atoms with Crippen molar-refractivity contribution in [3.8, 4) is 0 Å². The first-order valence-corrected chi connectivity index (χ1v) is 4.00. The number of hydrogen-bond acceptors (Lipinski definition) is 5. The number of rotatable bonds is 5. The topological polar surface area (TPSA) is 101 Å². The van der Waals surface area contributed by atoms with Gasteiger partial charge in [-0.15, -0.1) is 0 Å². The minimum Gasteiger partial charge on any atom is -0.394 e. The molecule has 0 aromatic carbocycles. The van der Waals surface area contributed by atoms with Gasteiger partial charge >= 0.3 is 0 Å². The molecule has 5 nitrogen and oxygen atoms in total. The second kappa shape index (κ2) is 6.06. The van der Waals surface area contributed by atoms with Crippen LogP contribution in [0.3, 0.4) is 0 Å². The number of aliphatic hydroxyl groups excluding tert-OH is 5. The molecule has 78 valence electrons. The van der Waals surface area contributed by atoms with Gasteiger partial charge in [0.25, 0.3) is 0 Å². The quantitative estimate of drug-likeness (QED) is 0.324. The highest BCUT2D eigenvalue weighted by molar-refractivity contribution is 4.93. The highest BCUT2D eigenvalue weighted by atomic mass is 16.4. The van der Waals surface area contributed by atoms with Crippen molar-refractivity contribution in [3.63, 3.8) is 0 Å². The Bertz CT molecular complexity index is 159. The minimum atomic E-state index is -1.56. The molecular weight excluding hydrogens is 176 g/mol. The molecule has 0 spiro atoms. The van der Waals surface area contributed by atoms with Gasteiger partial charge in [0, 0.05) is 0 Å². The van der Waals surface area contributed by atoms with Crippen molar-refractivity contribution >= 4 is 0 Å². The van der Waals surface area contributed by atoms with Gasteiger partial charge in [-0.25, -0.2) is 0 Å². The maximum atomic E-state index is 9.20. The van der Waals surface area contributed by atoms with E-state index in [2.05, 4.69) is 0 Å². The van der Waals surface area contributed by atoms with Crippen LogP contribution in [0.4, 0.5) is 0 Å². The van der Waals surface area contributed by atoms with E-state index in [-0.39, 0.29) is 0 Å². The number of hydrogen-bond donors (Lipinski definition) is 5.